The maximum atomic E-state index is 11.4. The topological polar surface area (TPSA) is 26.3 Å². The van der Waals surface area contributed by atoms with Crippen LogP contribution in [0.15, 0.2) is 0 Å². The van der Waals surface area contributed by atoms with Crippen LogP contribution in [0.5, 0.6) is 0 Å². The molecular formula is C6H10F2O2. The zero-order valence-corrected chi connectivity index (χ0v) is 5.61. The van der Waals surface area contributed by atoms with E-state index < -0.39 is 12.7 Å². The normalized spacial score (nSPS) is 9.80. The number of carbonyl (C=O) groups is 1. The standard InChI is InChI=1S/C6H10F2O2/c7-3-1-4-10-5-2-6(8)9/h1-5H2. The second-order valence-electron chi connectivity index (χ2n) is 1.76. The van der Waals surface area contributed by atoms with Crippen molar-refractivity contribution in [3.05, 3.63) is 0 Å². The van der Waals surface area contributed by atoms with E-state index in [0.717, 1.165) is 0 Å². The summed E-state index contributed by atoms with van der Waals surface area (Å²) in [6.07, 6.45) is 0.0762. The summed E-state index contributed by atoms with van der Waals surface area (Å²) in [5, 5.41) is 0. The van der Waals surface area contributed by atoms with Crippen molar-refractivity contribution in [2.24, 2.45) is 0 Å². The molecule has 60 valence electrons. The summed E-state index contributed by atoms with van der Waals surface area (Å²) in [6.45, 7) is -0.136. The highest BCUT2D eigenvalue weighted by Crippen LogP contribution is 1.88. The van der Waals surface area contributed by atoms with Gasteiger partial charge < -0.3 is 4.74 Å². The van der Waals surface area contributed by atoms with E-state index >= 15 is 0 Å². The minimum Gasteiger partial charge on any atom is -0.381 e. The third-order valence-electron chi connectivity index (χ3n) is 0.865. The number of hydrogen-bond acceptors (Lipinski definition) is 2. The Kier molecular flexibility index (Phi) is 6.27. The Morgan fingerprint density at radius 2 is 2.10 bits per heavy atom. The molecule has 0 aromatic carbocycles. The number of alkyl halides is 1. The van der Waals surface area contributed by atoms with Crippen LogP contribution >= 0.6 is 0 Å². The molecule has 0 aliphatic heterocycles. The summed E-state index contributed by atoms with van der Waals surface area (Å²) in [4.78, 5) is 9.66. The second kappa shape index (κ2) is 6.61. The number of hydrogen-bond donors (Lipinski definition) is 0. The van der Waals surface area contributed by atoms with E-state index in [1.165, 1.54) is 0 Å². The van der Waals surface area contributed by atoms with E-state index in [1.54, 1.807) is 0 Å². The summed E-state index contributed by atoms with van der Waals surface area (Å²) < 4.78 is 27.5. The molecule has 4 heteroatoms. The van der Waals surface area contributed by atoms with E-state index in [0.29, 0.717) is 6.42 Å². The smallest absolute Gasteiger partial charge is 0.303 e. The molecule has 0 heterocycles. The molecule has 0 rings (SSSR count). The lowest BCUT2D eigenvalue weighted by Gasteiger charge is -1.97. The maximum absolute atomic E-state index is 11.4. The maximum Gasteiger partial charge on any atom is 0.303 e. The fourth-order valence-corrected chi connectivity index (χ4v) is 0.411. The van der Waals surface area contributed by atoms with E-state index in [-0.39, 0.29) is 19.6 Å². The number of rotatable bonds is 6. The molecule has 0 saturated heterocycles. The van der Waals surface area contributed by atoms with Crippen LogP contribution in [0.25, 0.3) is 0 Å². The van der Waals surface area contributed by atoms with Gasteiger partial charge in [-0.3, -0.25) is 9.18 Å². The highest BCUT2D eigenvalue weighted by atomic mass is 19.1. The van der Waals surface area contributed by atoms with Gasteiger partial charge in [-0.05, 0) is 6.42 Å². The van der Waals surface area contributed by atoms with Crippen LogP contribution < -0.4 is 0 Å². The lowest BCUT2D eigenvalue weighted by Crippen LogP contribution is -2.01. The molecule has 0 radical (unpaired) electrons. The highest BCUT2D eigenvalue weighted by Gasteiger charge is 1.96. The Hall–Kier alpha value is -0.510. The van der Waals surface area contributed by atoms with Gasteiger partial charge in [0.2, 0.25) is 0 Å². The van der Waals surface area contributed by atoms with Gasteiger partial charge >= 0.3 is 6.04 Å². The van der Waals surface area contributed by atoms with Crippen molar-refractivity contribution in [2.75, 3.05) is 19.9 Å². The van der Waals surface area contributed by atoms with Crippen LogP contribution in [0.2, 0.25) is 0 Å². The van der Waals surface area contributed by atoms with Crippen molar-refractivity contribution in [3.8, 4) is 0 Å². The van der Waals surface area contributed by atoms with Crippen LogP contribution in [0.1, 0.15) is 12.8 Å². The van der Waals surface area contributed by atoms with Crippen molar-refractivity contribution in [2.45, 2.75) is 12.8 Å². The third kappa shape index (κ3) is 7.49. The monoisotopic (exact) mass is 152 g/mol. The first kappa shape index (κ1) is 9.49. The van der Waals surface area contributed by atoms with Gasteiger partial charge in [0.1, 0.15) is 0 Å². The highest BCUT2D eigenvalue weighted by molar-refractivity contribution is 5.67. The Bertz CT molecular complexity index is 95.7. The molecule has 0 saturated carbocycles. The molecule has 0 aromatic heterocycles. The average molecular weight is 152 g/mol. The van der Waals surface area contributed by atoms with Gasteiger partial charge in [0, 0.05) is 6.61 Å². The molecular weight excluding hydrogens is 142 g/mol. The molecule has 0 amide bonds. The first-order chi connectivity index (χ1) is 4.77. The first-order valence-corrected chi connectivity index (χ1v) is 3.09. The summed E-state index contributed by atoms with van der Waals surface area (Å²) >= 11 is 0. The van der Waals surface area contributed by atoms with Crippen LogP contribution in [-0.2, 0) is 9.53 Å². The second-order valence-corrected chi connectivity index (χ2v) is 1.76. The average Bonchev–Trinajstić information content (AvgIpc) is 1.87. The minimum atomic E-state index is -1.39. The molecule has 0 fully saturated rings. The molecule has 0 N–H and O–H groups in total. The zero-order valence-electron chi connectivity index (χ0n) is 5.61. The van der Waals surface area contributed by atoms with E-state index in [2.05, 4.69) is 4.74 Å². The summed E-state index contributed by atoms with van der Waals surface area (Å²) in [5.74, 6) is 0. The van der Waals surface area contributed by atoms with Crippen LogP contribution in [-0.4, -0.2) is 25.9 Å². The summed E-state index contributed by atoms with van der Waals surface area (Å²) in [6, 6.07) is -1.39. The van der Waals surface area contributed by atoms with E-state index in [1.807, 2.05) is 0 Å². The molecule has 2 nitrogen and oxygen atoms in total. The predicted octanol–water partition coefficient (Wildman–Crippen LogP) is 1.25. The van der Waals surface area contributed by atoms with Gasteiger partial charge in [0.15, 0.2) is 0 Å². The lowest BCUT2D eigenvalue weighted by atomic mass is 10.5. The van der Waals surface area contributed by atoms with Crippen LogP contribution in [0, 0.1) is 0 Å². The van der Waals surface area contributed by atoms with Crippen LogP contribution in [0.3, 0.4) is 0 Å². The SMILES string of the molecule is O=C(F)CCOCCCF. The lowest BCUT2D eigenvalue weighted by molar-refractivity contribution is -0.130. The van der Waals surface area contributed by atoms with Gasteiger partial charge in [-0.2, -0.15) is 4.39 Å². The fraction of sp³-hybridized carbons (Fsp3) is 0.833. The van der Waals surface area contributed by atoms with Gasteiger partial charge in [0.25, 0.3) is 0 Å². The quantitative estimate of drug-likeness (QED) is 0.423. The van der Waals surface area contributed by atoms with Crippen molar-refractivity contribution in [1.82, 2.24) is 0 Å². The van der Waals surface area contributed by atoms with Crippen molar-refractivity contribution < 1.29 is 18.3 Å². The molecule has 0 aliphatic rings. The molecule has 10 heavy (non-hydrogen) atoms. The fourth-order valence-electron chi connectivity index (χ4n) is 0.411. The first-order valence-electron chi connectivity index (χ1n) is 3.09. The molecule has 0 bridgehead atoms. The summed E-state index contributed by atoms with van der Waals surface area (Å²) in [7, 11) is 0. The molecule has 0 aromatic rings. The summed E-state index contributed by atoms with van der Waals surface area (Å²) in [5.41, 5.74) is 0. The number of halogens is 2. The van der Waals surface area contributed by atoms with E-state index in [4.69, 9.17) is 0 Å². The van der Waals surface area contributed by atoms with Gasteiger partial charge in [-0.1, -0.05) is 0 Å². The predicted molar refractivity (Wildman–Crippen MR) is 32.1 cm³/mol. The van der Waals surface area contributed by atoms with Gasteiger partial charge in [-0.15, -0.1) is 0 Å². The third-order valence-corrected chi connectivity index (χ3v) is 0.865. The number of carbonyl (C=O) groups excluding carboxylic acids is 1. The van der Waals surface area contributed by atoms with Gasteiger partial charge in [0.05, 0.1) is 19.7 Å². The van der Waals surface area contributed by atoms with Crippen LogP contribution in [0.4, 0.5) is 8.78 Å². The Morgan fingerprint density at radius 1 is 1.40 bits per heavy atom. The largest absolute Gasteiger partial charge is 0.381 e. The van der Waals surface area contributed by atoms with Crippen molar-refractivity contribution in [1.29, 1.82) is 0 Å². The Morgan fingerprint density at radius 3 is 2.60 bits per heavy atom. The zero-order chi connectivity index (χ0) is 7.82. The van der Waals surface area contributed by atoms with Crippen molar-refractivity contribution >= 4 is 6.04 Å². The van der Waals surface area contributed by atoms with Crippen molar-refractivity contribution in [3.63, 3.8) is 0 Å². The van der Waals surface area contributed by atoms with E-state index in [9.17, 15) is 13.6 Å². The van der Waals surface area contributed by atoms with Gasteiger partial charge in [-0.25, -0.2) is 0 Å². The number of ether oxygens (including phenoxy) is 1. The molecule has 0 spiro atoms. The minimum absolute atomic E-state index is 0.0509. The Balaban J connectivity index is 2.84. The molecule has 0 unspecified atom stereocenters. The Labute approximate surface area is 58.2 Å². The molecule has 0 aliphatic carbocycles. The molecule has 0 atom stereocenters.